The first-order chi connectivity index (χ1) is 10.4. The van der Waals surface area contributed by atoms with Crippen LogP contribution in [-0.2, 0) is 0 Å². The number of aromatic nitrogens is 3. The van der Waals surface area contributed by atoms with Gasteiger partial charge in [-0.05, 0) is 19.8 Å². The number of thiazole rings is 1. The topological polar surface area (TPSA) is 50.7 Å². The summed E-state index contributed by atoms with van der Waals surface area (Å²) in [5, 5.41) is 5.53. The van der Waals surface area contributed by atoms with E-state index in [0.717, 1.165) is 12.1 Å². The van der Waals surface area contributed by atoms with Crippen LogP contribution in [0.1, 0.15) is 31.4 Å². The van der Waals surface area contributed by atoms with Crippen LogP contribution in [-0.4, -0.2) is 26.9 Å². The molecular weight excluding hydrogens is 330 g/mol. The van der Waals surface area contributed by atoms with Crippen molar-refractivity contribution < 1.29 is 8.78 Å². The van der Waals surface area contributed by atoms with Gasteiger partial charge in [0.05, 0.1) is 6.04 Å². The van der Waals surface area contributed by atoms with Gasteiger partial charge in [-0.1, -0.05) is 18.0 Å². The van der Waals surface area contributed by atoms with Crippen molar-refractivity contribution in [1.82, 2.24) is 15.0 Å². The molecule has 4 nitrogen and oxygen atoms in total. The average molecular weight is 345 g/mol. The lowest BCUT2D eigenvalue weighted by Crippen LogP contribution is -2.42. The van der Waals surface area contributed by atoms with Gasteiger partial charge in [-0.25, -0.2) is 23.7 Å². The van der Waals surface area contributed by atoms with E-state index in [2.05, 4.69) is 20.3 Å². The zero-order valence-electron chi connectivity index (χ0n) is 11.9. The van der Waals surface area contributed by atoms with Gasteiger partial charge in [-0.15, -0.1) is 11.3 Å². The third kappa shape index (κ3) is 3.35. The molecule has 1 saturated carbocycles. The van der Waals surface area contributed by atoms with Crippen molar-refractivity contribution in [2.45, 2.75) is 44.6 Å². The largest absolute Gasteiger partial charge is 0.361 e. The molecule has 0 amide bonds. The lowest BCUT2D eigenvalue weighted by atomic mass is 9.91. The molecule has 0 radical (unpaired) electrons. The molecule has 8 heteroatoms. The van der Waals surface area contributed by atoms with E-state index in [-0.39, 0.29) is 11.6 Å². The average Bonchev–Trinajstić information content (AvgIpc) is 2.87. The quantitative estimate of drug-likeness (QED) is 0.830. The lowest BCUT2D eigenvalue weighted by molar-refractivity contribution is -0.0449. The highest BCUT2D eigenvalue weighted by atomic mass is 35.5. The Morgan fingerprint density at radius 3 is 2.82 bits per heavy atom. The summed E-state index contributed by atoms with van der Waals surface area (Å²) in [6.07, 6.45) is 1.66. The second-order valence-electron chi connectivity index (χ2n) is 5.40. The SMILES string of the molecule is Cc1csc(-c2nc(Cl)cc(NC3CCCCC3(F)F)n2)n1. The molecule has 1 atom stereocenters. The highest BCUT2D eigenvalue weighted by Crippen LogP contribution is 2.35. The maximum absolute atomic E-state index is 13.9. The number of anilines is 1. The molecule has 1 N–H and O–H groups in total. The molecule has 1 fully saturated rings. The summed E-state index contributed by atoms with van der Waals surface area (Å²) < 4.78 is 27.9. The molecule has 118 valence electrons. The normalized spacial score (nSPS) is 20.8. The highest BCUT2D eigenvalue weighted by molar-refractivity contribution is 7.13. The van der Waals surface area contributed by atoms with Crippen molar-refractivity contribution in [3.05, 3.63) is 22.3 Å². The van der Waals surface area contributed by atoms with Gasteiger partial charge in [0.2, 0.25) is 0 Å². The van der Waals surface area contributed by atoms with Gasteiger partial charge >= 0.3 is 0 Å². The number of nitrogens with zero attached hydrogens (tertiary/aromatic N) is 3. The summed E-state index contributed by atoms with van der Waals surface area (Å²) in [5.74, 6) is -2.06. The van der Waals surface area contributed by atoms with Gasteiger partial charge in [-0.3, -0.25) is 0 Å². The number of rotatable bonds is 3. The second kappa shape index (κ2) is 6.04. The third-order valence-corrected chi connectivity index (χ3v) is 4.74. The summed E-state index contributed by atoms with van der Waals surface area (Å²) in [7, 11) is 0. The van der Waals surface area contributed by atoms with E-state index >= 15 is 0 Å². The van der Waals surface area contributed by atoms with Gasteiger partial charge in [0.25, 0.3) is 5.92 Å². The Labute approximate surface area is 136 Å². The smallest absolute Gasteiger partial charge is 0.267 e. The van der Waals surface area contributed by atoms with Crippen molar-refractivity contribution in [3.63, 3.8) is 0 Å². The van der Waals surface area contributed by atoms with Crippen molar-refractivity contribution in [2.24, 2.45) is 0 Å². The molecule has 0 aliphatic heterocycles. The van der Waals surface area contributed by atoms with Crippen LogP contribution in [0, 0.1) is 6.92 Å². The first kappa shape index (κ1) is 15.6. The zero-order valence-corrected chi connectivity index (χ0v) is 13.5. The van der Waals surface area contributed by atoms with E-state index in [1.165, 1.54) is 17.4 Å². The first-order valence-electron chi connectivity index (χ1n) is 7.05. The Morgan fingerprint density at radius 1 is 1.32 bits per heavy atom. The minimum Gasteiger partial charge on any atom is -0.361 e. The number of nitrogens with one attached hydrogen (secondary N) is 1. The molecule has 0 spiro atoms. The van der Waals surface area contributed by atoms with Crippen LogP contribution in [0.5, 0.6) is 0 Å². The molecule has 3 rings (SSSR count). The Balaban J connectivity index is 1.86. The van der Waals surface area contributed by atoms with E-state index in [9.17, 15) is 8.78 Å². The third-order valence-electron chi connectivity index (χ3n) is 3.59. The fourth-order valence-corrected chi connectivity index (χ4v) is 3.41. The molecule has 0 bridgehead atoms. The number of alkyl halides is 2. The first-order valence-corrected chi connectivity index (χ1v) is 8.31. The number of aryl methyl sites for hydroxylation is 1. The molecule has 0 aromatic carbocycles. The van der Waals surface area contributed by atoms with Crippen LogP contribution in [0.25, 0.3) is 10.8 Å². The molecule has 2 aromatic rings. The summed E-state index contributed by atoms with van der Waals surface area (Å²) >= 11 is 7.39. The number of halogens is 3. The van der Waals surface area contributed by atoms with Crippen molar-refractivity contribution in [3.8, 4) is 10.8 Å². The predicted molar refractivity (Wildman–Crippen MR) is 83.7 cm³/mol. The Hall–Kier alpha value is -1.34. The van der Waals surface area contributed by atoms with E-state index in [0.29, 0.717) is 29.5 Å². The molecule has 2 aromatic heterocycles. The number of hydrogen-bond acceptors (Lipinski definition) is 5. The van der Waals surface area contributed by atoms with E-state index in [1.54, 1.807) is 0 Å². The fraction of sp³-hybridized carbons (Fsp3) is 0.500. The maximum Gasteiger partial charge on any atom is 0.267 e. The van der Waals surface area contributed by atoms with Gasteiger partial charge < -0.3 is 5.32 Å². The van der Waals surface area contributed by atoms with E-state index in [1.807, 2.05) is 12.3 Å². The van der Waals surface area contributed by atoms with Crippen LogP contribution in [0.4, 0.5) is 14.6 Å². The Bertz CT molecular complexity index is 677. The van der Waals surface area contributed by atoms with Crippen LogP contribution < -0.4 is 5.32 Å². The minimum absolute atomic E-state index is 0.0952. The number of hydrogen-bond donors (Lipinski definition) is 1. The molecule has 1 aliphatic carbocycles. The fourth-order valence-electron chi connectivity index (χ4n) is 2.49. The summed E-state index contributed by atoms with van der Waals surface area (Å²) in [5.41, 5.74) is 0.858. The summed E-state index contributed by atoms with van der Waals surface area (Å²) in [6, 6.07) is 0.550. The van der Waals surface area contributed by atoms with Gasteiger partial charge in [0.15, 0.2) is 10.8 Å². The maximum atomic E-state index is 13.9. The highest BCUT2D eigenvalue weighted by Gasteiger charge is 2.41. The summed E-state index contributed by atoms with van der Waals surface area (Å²) in [4.78, 5) is 12.7. The van der Waals surface area contributed by atoms with Crippen molar-refractivity contribution in [2.75, 3.05) is 5.32 Å². The van der Waals surface area contributed by atoms with Crippen molar-refractivity contribution in [1.29, 1.82) is 0 Å². The van der Waals surface area contributed by atoms with Crippen LogP contribution >= 0.6 is 22.9 Å². The zero-order chi connectivity index (χ0) is 15.7. The standard InChI is InChI=1S/C14H15ClF2N4S/c1-8-7-22-13(18-8)12-20-10(15)6-11(21-12)19-9-4-2-3-5-14(9,16)17/h6-7,9H,2-5H2,1H3,(H,19,20,21). The molecule has 22 heavy (non-hydrogen) atoms. The Morgan fingerprint density at radius 2 is 2.14 bits per heavy atom. The van der Waals surface area contributed by atoms with Crippen LogP contribution in [0.3, 0.4) is 0 Å². The molecule has 1 aliphatic rings. The molecule has 2 heterocycles. The van der Waals surface area contributed by atoms with Crippen LogP contribution in [0.15, 0.2) is 11.4 Å². The van der Waals surface area contributed by atoms with Gasteiger partial charge in [0, 0.05) is 23.6 Å². The molecule has 1 unspecified atom stereocenters. The monoisotopic (exact) mass is 344 g/mol. The van der Waals surface area contributed by atoms with E-state index < -0.39 is 12.0 Å². The van der Waals surface area contributed by atoms with Crippen molar-refractivity contribution >= 4 is 28.8 Å². The molecular formula is C14H15ClF2N4S. The minimum atomic E-state index is -2.73. The predicted octanol–water partition coefficient (Wildman–Crippen LogP) is 4.55. The van der Waals surface area contributed by atoms with Crippen LogP contribution in [0.2, 0.25) is 5.15 Å². The summed E-state index contributed by atoms with van der Waals surface area (Å²) in [6.45, 7) is 1.87. The van der Waals surface area contributed by atoms with Gasteiger partial charge in [0.1, 0.15) is 11.0 Å². The van der Waals surface area contributed by atoms with Gasteiger partial charge in [-0.2, -0.15) is 0 Å². The van der Waals surface area contributed by atoms with E-state index in [4.69, 9.17) is 11.6 Å². The lowest BCUT2D eigenvalue weighted by Gasteiger charge is -2.32. The molecule has 0 saturated heterocycles. The second-order valence-corrected chi connectivity index (χ2v) is 6.64. The Kier molecular flexibility index (Phi) is 4.27.